The van der Waals surface area contributed by atoms with Gasteiger partial charge in [0.1, 0.15) is 6.07 Å². The summed E-state index contributed by atoms with van der Waals surface area (Å²) in [5.41, 5.74) is 7.73. The lowest BCUT2D eigenvalue weighted by atomic mass is 10.1. The number of benzene rings is 1. The fourth-order valence-corrected chi connectivity index (χ4v) is 5.53. The van der Waals surface area contributed by atoms with E-state index in [1.165, 1.54) is 62.6 Å². The lowest BCUT2D eigenvalue weighted by Gasteiger charge is -2.03. The second kappa shape index (κ2) is 25.4. The van der Waals surface area contributed by atoms with Gasteiger partial charge in [0.15, 0.2) is 31.3 Å². The van der Waals surface area contributed by atoms with E-state index >= 15 is 0 Å². The summed E-state index contributed by atoms with van der Waals surface area (Å²) >= 11 is 0. The van der Waals surface area contributed by atoms with Crippen molar-refractivity contribution in [3.05, 3.63) is 123 Å². The molecular formula is C37H51Cl2N5O4. The molecule has 0 unspecified atom stereocenters. The van der Waals surface area contributed by atoms with Gasteiger partial charge >= 0.3 is 5.69 Å². The van der Waals surface area contributed by atoms with E-state index in [1.807, 2.05) is 18.3 Å². The van der Waals surface area contributed by atoms with Gasteiger partial charge in [-0.1, -0.05) is 56.4 Å². The molecule has 0 saturated carbocycles. The van der Waals surface area contributed by atoms with Crippen molar-refractivity contribution in [3.8, 4) is 5.69 Å². The summed E-state index contributed by atoms with van der Waals surface area (Å²) < 4.78 is 3.97. The van der Waals surface area contributed by atoms with Gasteiger partial charge in [0.05, 0.1) is 9.85 Å². The number of halogens is 2. The highest BCUT2D eigenvalue weighted by molar-refractivity contribution is 5.53. The summed E-state index contributed by atoms with van der Waals surface area (Å²) in [6.07, 6.45) is 34.4. The first-order chi connectivity index (χ1) is 22.5. The molecule has 48 heavy (non-hydrogen) atoms. The number of pyridine rings is 2. The number of aryl methyl sites for hydroxylation is 3. The summed E-state index contributed by atoms with van der Waals surface area (Å²) in [5.74, 6) is 0. The van der Waals surface area contributed by atoms with E-state index in [0.717, 1.165) is 76.1 Å². The quantitative estimate of drug-likeness (QED) is 0.0534. The van der Waals surface area contributed by atoms with Crippen LogP contribution in [0.4, 0.5) is 11.4 Å². The first-order valence-electron chi connectivity index (χ1n) is 16.9. The number of rotatable bonds is 23. The summed E-state index contributed by atoms with van der Waals surface area (Å²) in [6.45, 7) is 1.74. The van der Waals surface area contributed by atoms with Crippen LogP contribution in [0, 0.1) is 20.2 Å². The molecule has 0 radical (unpaired) electrons. The Labute approximate surface area is 298 Å². The van der Waals surface area contributed by atoms with Gasteiger partial charge < -0.3 is 30.5 Å². The van der Waals surface area contributed by atoms with Crippen molar-refractivity contribution < 1.29 is 43.8 Å². The Morgan fingerprint density at radius 3 is 1.85 bits per heavy atom. The van der Waals surface area contributed by atoms with Crippen LogP contribution in [0.1, 0.15) is 94.6 Å². The molecule has 3 aromatic rings. The second-order valence-electron chi connectivity index (χ2n) is 11.8. The highest BCUT2D eigenvalue weighted by Gasteiger charge is 2.26. The minimum atomic E-state index is -0.623. The second-order valence-corrected chi connectivity index (χ2v) is 11.8. The molecule has 2 N–H and O–H groups in total. The standard InChI is InChI=1S/C37H51N5O4.2ClH/c38-26-16-12-8-4-2-1-3-6-10-14-20-33-22-18-28-39(31-33)27-17-13-9-5-7-11-15-21-34-23-19-29-40(32-34)36-25-24-35(41(43)44)30-37(36)42(45)46;;/h8-9,12-13,18-19,22-25,28-32H,1-7,10-11,14-17,20-21,26-27,38H2;2*1H/q+2;;/p-2. The molecule has 0 saturated heterocycles. The van der Waals surface area contributed by atoms with E-state index in [0.29, 0.717) is 5.69 Å². The average molecular weight is 701 g/mol. The Kier molecular flexibility index (Phi) is 22.4. The smallest absolute Gasteiger partial charge is 0.347 e. The average Bonchev–Trinajstić information content (AvgIpc) is 3.06. The molecule has 11 heteroatoms. The van der Waals surface area contributed by atoms with E-state index in [2.05, 4.69) is 53.4 Å². The minimum Gasteiger partial charge on any atom is -1.00 e. The van der Waals surface area contributed by atoms with Crippen LogP contribution in [0.25, 0.3) is 5.69 Å². The number of nitro benzene ring substituents is 2. The number of nitro groups is 2. The molecule has 2 aromatic heterocycles. The van der Waals surface area contributed by atoms with Crippen LogP contribution in [0.15, 0.2) is 91.6 Å². The Morgan fingerprint density at radius 1 is 0.646 bits per heavy atom. The predicted octanol–water partition coefficient (Wildman–Crippen LogP) is 2.00. The molecule has 0 aliphatic rings. The summed E-state index contributed by atoms with van der Waals surface area (Å²) in [4.78, 5) is 21.4. The van der Waals surface area contributed by atoms with Crippen LogP contribution in [0.2, 0.25) is 0 Å². The van der Waals surface area contributed by atoms with E-state index in [4.69, 9.17) is 5.73 Å². The van der Waals surface area contributed by atoms with E-state index < -0.39 is 9.85 Å². The third-order valence-electron chi connectivity index (χ3n) is 8.07. The largest absolute Gasteiger partial charge is 1.00 e. The molecule has 9 nitrogen and oxygen atoms in total. The van der Waals surface area contributed by atoms with Gasteiger partial charge in [-0.15, -0.1) is 0 Å². The number of hydrogen-bond donors (Lipinski definition) is 1. The van der Waals surface area contributed by atoms with Gasteiger partial charge in [0, 0.05) is 41.8 Å². The van der Waals surface area contributed by atoms with Gasteiger partial charge in [-0.05, 0) is 76.5 Å². The lowest BCUT2D eigenvalue weighted by Crippen LogP contribution is -3.00. The van der Waals surface area contributed by atoms with Gasteiger partial charge in [-0.2, -0.15) is 4.57 Å². The molecule has 3 rings (SSSR count). The van der Waals surface area contributed by atoms with E-state index in [1.54, 1.807) is 10.8 Å². The monoisotopic (exact) mass is 699 g/mol. The summed E-state index contributed by atoms with van der Waals surface area (Å²) in [7, 11) is 0. The van der Waals surface area contributed by atoms with Crippen molar-refractivity contribution in [1.82, 2.24) is 0 Å². The van der Waals surface area contributed by atoms with Crippen molar-refractivity contribution in [2.45, 2.75) is 103 Å². The van der Waals surface area contributed by atoms with Crippen LogP contribution in [0.5, 0.6) is 0 Å². The maximum Gasteiger partial charge on any atom is 0.347 e. The maximum absolute atomic E-state index is 11.5. The highest BCUT2D eigenvalue weighted by Crippen LogP contribution is 2.24. The van der Waals surface area contributed by atoms with Crippen LogP contribution in [-0.2, 0) is 19.4 Å². The minimum absolute atomic E-state index is 0. The van der Waals surface area contributed by atoms with Crippen LogP contribution >= 0.6 is 0 Å². The number of unbranched alkanes of at least 4 members (excludes halogenated alkanes) is 9. The molecule has 0 amide bonds. The van der Waals surface area contributed by atoms with Crippen molar-refractivity contribution in [3.63, 3.8) is 0 Å². The molecule has 0 atom stereocenters. The highest BCUT2D eigenvalue weighted by atomic mass is 35.5. The number of nitrogens with two attached hydrogens (primary N) is 1. The Bertz CT molecular complexity index is 1430. The molecule has 1 aromatic carbocycles. The Morgan fingerprint density at radius 2 is 1.21 bits per heavy atom. The molecule has 0 fully saturated rings. The zero-order valence-electron chi connectivity index (χ0n) is 27.9. The zero-order valence-corrected chi connectivity index (χ0v) is 29.4. The molecule has 0 bridgehead atoms. The van der Waals surface area contributed by atoms with Crippen molar-refractivity contribution in [2.24, 2.45) is 5.73 Å². The number of hydrogen-bond acceptors (Lipinski definition) is 5. The van der Waals surface area contributed by atoms with Crippen molar-refractivity contribution in [1.29, 1.82) is 0 Å². The van der Waals surface area contributed by atoms with E-state index in [9.17, 15) is 20.2 Å². The molecule has 0 aliphatic heterocycles. The Hall–Kier alpha value is -3.66. The first kappa shape index (κ1) is 42.4. The number of nitrogens with zero attached hydrogens (tertiary/aromatic N) is 4. The third kappa shape index (κ3) is 16.4. The fourth-order valence-electron chi connectivity index (χ4n) is 5.53. The summed E-state index contributed by atoms with van der Waals surface area (Å²) in [6, 6.07) is 12.0. The zero-order chi connectivity index (χ0) is 32.8. The normalized spacial score (nSPS) is 11.0. The van der Waals surface area contributed by atoms with Crippen LogP contribution < -0.4 is 39.7 Å². The molecular weight excluding hydrogens is 649 g/mol. The number of aromatic nitrogens is 2. The predicted molar refractivity (Wildman–Crippen MR) is 183 cm³/mol. The maximum atomic E-state index is 11.5. The van der Waals surface area contributed by atoms with Gasteiger partial charge in [0.2, 0.25) is 0 Å². The molecule has 262 valence electrons. The summed E-state index contributed by atoms with van der Waals surface area (Å²) in [5, 5.41) is 22.6. The topological polar surface area (TPSA) is 120 Å². The Balaban J connectivity index is 0.00000576. The van der Waals surface area contributed by atoms with Crippen molar-refractivity contribution in [2.75, 3.05) is 6.54 Å². The molecule has 0 spiro atoms. The van der Waals surface area contributed by atoms with Gasteiger partial charge in [0.25, 0.3) is 11.4 Å². The lowest BCUT2D eigenvalue weighted by molar-refractivity contribution is -0.696. The molecule has 0 aliphatic carbocycles. The van der Waals surface area contributed by atoms with Gasteiger partial charge in [-0.25, -0.2) is 4.57 Å². The van der Waals surface area contributed by atoms with Crippen LogP contribution in [-0.4, -0.2) is 16.4 Å². The van der Waals surface area contributed by atoms with Crippen LogP contribution in [0.3, 0.4) is 0 Å². The third-order valence-corrected chi connectivity index (χ3v) is 8.07. The van der Waals surface area contributed by atoms with Gasteiger partial charge in [-0.3, -0.25) is 20.2 Å². The molecule has 2 heterocycles. The van der Waals surface area contributed by atoms with Crippen molar-refractivity contribution >= 4 is 11.4 Å². The fraction of sp³-hybridized carbons (Fsp3) is 0.459. The number of allylic oxidation sites excluding steroid dienone is 3. The first-order valence-corrected chi connectivity index (χ1v) is 16.9. The van der Waals surface area contributed by atoms with E-state index in [-0.39, 0.29) is 36.2 Å². The SMILES string of the molecule is NCCC=CCCCCCCCCc1ccc[n+](CCC=CCCCCCc2ccc[n+](-c3ccc([N+](=O)[O-])cc3[N+](=O)[O-])c2)c1.[Cl-].[Cl-]. The number of non-ortho nitro benzene ring substituents is 1.